The Balaban J connectivity index is 0.000000956. The van der Waals surface area contributed by atoms with Gasteiger partial charge in [0.2, 0.25) is 0 Å². The second-order valence-electron chi connectivity index (χ2n) is 5.34. The average Bonchev–Trinajstić information content (AvgIpc) is 2.48. The molecule has 0 saturated carbocycles. The minimum absolute atomic E-state index is 0.0583. The van der Waals surface area contributed by atoms with E-state index in [2.05, 4.69) is 18.8 Å². The second kappa shape index (κ2) is 7.41. The zero-order chi connectivity index (χ0) is 15.2. The van der Waals surface area contributed by atoms with Crippen molar-refractivity contribution in [2.75, 3.05) is 13.6 Å². The van der Waals surface area contributed by atoms with Gasteiger partial charge >= 0.3 is 0 Å². The van der Waals surface area contributed by atoms with E-state index >= 15 is 0 Å². The molecule has 0 aliphatic carbocycles. The van der Waals surface area contributed by atoms with Crippen LogP contribution in [0.4, 0.5) is 0 Å². The molecule has 1 aromatic rings. The molecule has 0 saturated heterocycles. The summed E-state index contributed by atoms with van der Waals surface area (Å²) in [5.41, 5.74) is 1.88. The van der Waals surface area contributed by atoms with Crippen LogP contribution in [0.1, 0.15) is 69.4 Å². The van der Waals surface area contributed by atoms with E-state index in [1.54, 1.807) is 0 Å². The molecule has 0 spiro atoms. The fraction of sp³-hybridized carbons (Fsp3) is 0.647. The fourth-order valence-electron chi connectivity index (χ4n) is 3.28. The molecule has 0 radical (unpaired) electrons. The predicted octanol–water partition coefficient (Wildman–Crippen LogP) is 4.03. The lowest BCUT2D eigenvalue weighted by atomic mass is 9.72. The highest BCUT2D eigenvalue weighted by molar-refractivity contribution is 5.96. The summed E-state index contributed by atoms with van der Waals surface area (Å²) >= 11 is 0. The summed E-state index contributed by atoms with van der Waals surface area (Å²) in [4.78, 5) is 18.6. The third kappa shape index (κ3) is 3.02. The third-order valence-electron chi connectivity index (χ3n) is 3.88. The molecule has 1 aromatic heterocycles. The molecular formula is C17H28N2O. The molecule has 3 heteroatoms. The van der Waals surface area contributed by atoms with E-state index in [1.807, 2.05) is 44.1 Å². The van der Waals surface area contributed by atoms with Crippen molar-refractivity contribution in [3.8, 4) is 0 Å². The number of hydrogen-bond acceptors (Lipinski definition) is 2. The Bertz CT molecular complexity index is 436. The van der Waals surface area contributed by atoms with Crippen molar-refractivity contribution in [1.82, 2.24) is 9.88 Å². The summed E-state index contributed by atoms with van der Waals surface area (Å²) in [6.45, 7) is 9.21. The SMILES string of the molecule is CC.CCCC1(CCC)CN(C)C(=O)c2cccnc21. The normalized spacial score (nSPS) is 16.2. The van der Waals surface area contributed by atoms with Gasteiger partial charge in [-0.2, -0.15) is 0 Å². The van der Waals surface area contributed by atoms with Crippen molar-refractivity contribution < 1.29 is 4.79 Å². The Morgan fingerprint density at radius 2 is 1.85 bits per heavy atom. The van der Waals surface area contributed by atoms with Gasteiger partial charge in [0.1, 0.15) is 0 Å². The molecule has 1 aliphatic heterocycles. The van der Waals surface area contributed by atoms with Crippen LogP contribution in [0.3, 0.4) is 0 Å². The summed E-state index contributed by atoms with van der Waals surface area (Å²) < 4.78 is 0. The molecule has 1 amide bonds. The standard InChI is InChI=1S/C15H22N2O.C2H6/c1-4-8-15(9-5-2)11-17(3)14(18)12-7-6-10-16-13(12)15;1-2/h6-7,10H,4-5,8-9,11H2,1-3H3;1-2H3. The summed E-state index contributed by atoms with van der Waals surface area (Å²) in [6.07, 6.45) is 6.26. The highest BCUT2D eigenvalue weighted by Crippen LogP contribution is 2.39. The molecule has 3 nitrogen and oxygen atoms in total. The highest BCUT2D eigenvalue weighted by Gasteiger charge is 2.41. The van der Waals surface area contributed by atoms with E-state index in [0.29, 0.717) is 0 Å². The van der Waals surface area contributed by atoms with Gasteiger partial charge in [0.15, 0.2) is 0 Å². The summed E-state index contributed by atoms with van der Waals surface area (Å²) in [7, 11) is 1.90. The molecule has 0 atom stereocenters. The van der Waals surface area contributed by atoms with Crippen LogP contribution in [0.15, 0.2) is 18.3 Å². The average molecular weight is 276 g/mol. The molecule has 112 valence electrons. The summed E-state index contributed by atoms with van der Waals surface area (Å²) in [5, 5.41) is 0. The molecule has 0 aromatic carbocycles. The molecule has 20 heavy (non-hydrogen) atoms. The number of carbonyl (C=O) groups is 1. The van der Waals surface area contributed by atoms with Gasteiger partial charge in [0, 0.05) is 25.2 Å². The van der Waals surface area contributed by atoms with E-state index in [9.17, 15) is 4.79 Å². The molecule has 2 rings (SSSR count). The summed E-state index contributed by atoms with van der Waals surface area (Å²) in [5.74, 6) is 0.112. The molecule has 0 fully saturated rings. The van der Waals surface area contributed by atoms with E-state index in [0.717, 1.165) is 43.5 Å². The lowest BCUT2D eigenvalue weighted by Crippen LogP contribution is -2.48. The summed E-state index contributed by atoms with van der Waals surface area (Å²) in [6, 6.07) is 3.78. The number of carbonyl (C=O) groups excluding carboxylic acids is 1. The van der Waals surface area contributed by atoms with Gasteiger partial charge in [0.05, 0.1) is 11.3 Å². The maximum absolute atomic E-state index is 12.2. The van der Waals surface area contributed by atoms with E-state index in [1.165, 1.54) is 0 Å². The van der Waals surface area contributed by atoms with Crippen LogP contribution in [0.25, 0.3) is 0 Å². The topological polar surface area (TPSA) is 33.2 Å². The molecule has 0 unspecified atom stereocenters. The number of aromatic nitrogens is 1. The number of nitrogens with zero attached hydrogens (tertiary/aromatic N) is 2. The van der Waals surface area contributed by atoms with Crippen molar-refractivity contribution >= 4 is 5.91 Å². The van der Waals surface area contributed by atoms with Gasteiger partial charge in [0.25, 0.3) is 5.91 Å². The maximum Gasteiger partial charge on any atom is 0.255 e. The van der Waals surface area contributed by atoms with Crippen molar-refractivity contribution in [2.45, 2.75) is 58.8 Å². The first-order valence-electron chi connectivity index (χ1n) is 7.85. The second-order valence-corrected chi connectivity index (χ2v) is 5.34. The quantitative estimate of drug-likeness (QED) is 0.831. The lowest BCUT2D eigenvalue weighted by molar-refractivity contribution is 0.0701. The smallest absolute Gasteiger partial charge is 0.255 e. The monoisotopic (exact) mass is 276 g/mol. The van der Waals surface area contributed by atoms with Gasteiger partial charge < -0.3 is 4.90 Å². The fourth-order valence-corrected chi connectivity index (χ4v) is 3.28. The third-order valence-corrected chi connectivity index (χ3v) is 3.88. The van der Waals surface area contributed by atoms with Gasteiger partial charge in [-0.25, -0.2) is 0 Å². The lowest BCUT2D eigenvalue weighted by Gasteiger charge is -2.41. The first kappa shape index (κ1) is 16.7. The van der Waals surface area contributed by atoms with Crippen LogP contribution in [-0.4, -0.2) is 29.4 Å². The minimum Gasteiger partial charge on any atom is -0.341 e. The number of pyridine rings is 1. The number of rotatable bonds is 4. The number of likely N-dealkylation sites (N-methyl/N-ethyl adjacent to an activating group) is 1. The van der Waals surface area contributed by atoms with Crippen LogP contribution in [-0.2, 0) is 5.41 Å². The van der Waals surface area contributed by atoms with Crippen LogP contribution in [0, 0.1) is 0 Å². The maximum atomic E-state index is 12.2. The van der Waals surface area contributed by atoms with Crippen LogP contribution < -0.4 is 0 Å². The Morgan fingerprint density at radius 1 is 1.25 bits per heavy atom. The van der Waals surface area contributed by atoms with Gasteiger partial charge in [-0.3, -0.25) is 9.78 Å². The zero-order valence-corrected chi connectivity index (χ0v) is 13.6. The molecule has 1 aliphatic rings. The Kier molecular flexibility index (Phi) is 6.18. The molecular weight excluding hydrogens is 248 g/mol. The first-order chi connectivity index (χ1) is 9.64. The van der Waals surface area contributed by atoms with Gasteiger partial charge in [-0.15, -0.1) is 0 Å². The zero-order valence-electron chi connectivity index (χ0n) is 13.6. The van der Waals surface area contributed by atoms with Gasteiger partial charge in [-0.05, 0) is 25.0 Å². The Hall–Kier alpha value is -1.38. The van der Waals surface area contributed by atoms with Crippen molar-refractivity contribution in [1.29, 1.82) is 0 Å². The first-order valence-corrected chi connectivity index (χ1v) is 7.85. The molecule has 0 N–H and O–H groups in total. The van der Waals surface area contributed by atoms with E-state index in [-0.39, 0.29) is 11.3 Å². The van der Waals surface area contributed by atoms with Crippen molar-refractivity contribution in [2.24, 2.45) is 0 Å². The van der Waals surface area contributed by atoms with Crippen molar-refractivity contribution in [3.63, 3.8) is 0 Å². The van der Waals surface area contributed by atoms with Crippen LogP contribution >= 0.6 is 0 Å². The van der Waals surface area contributed by atoms with Gasteiger partial charge in [-0.1, -0.05) is 40.5 Å². The number of hydrogen-bond donors (Lipinski definition) is 0. The highest BCUT2D eigenvalue weighted by atomic mass is 16.2. The number of fused-ring (bicyclic) bond motifs is 1. The largest absolute Gasteiger partial charge is 0.341 e. The number of amides is 1. The van der Waals surface area contributed by atoms with Crippen molar-refractivity contribution in [3.05, 3.63) is 29.6 Å². The van der Waals surface area contributed by atoms with Crippen LogP contribution in [0.2, 0.25) is 0 Å². The Morgan fingerprint density at radius 3 is 2.40 bits per heavy atom. The minimum atomic E-state index is 0.0583. The predicted molar refractivity (Wildman–Crippen MR) is 84.0 cm³/mol. The van der Waals surface area contributed by atoms with Crippen LogP contribution in [0.5, 0.6) is 0 Å². The van der Waals surface area contributed by atoms with E-state index in [4.69, 9.17) is 0 Å². The molecule has 0 bridgehead atoms. The Labute approximate surface area is 123 Å². The van der Waals surface area contributed by atoms with E-state index < -0.39 is 0 Å². The molecule has 2 heterocycles.